The van der Waals surface area contributed by atoms with Crippen LogP contribution in [0.5, 0.6) is 5.75 Å². The molecule has 0 aliphatic carbocycles. The van der Waals surface area contributed by atoms with Crippen molar-refractivity contribution < 1.29 is 41.4 Å². The average Bonchev–Trinajstić information content (AvgIpc) is 3.04. The van der Waals surface area contributed by atoms with E-state index < -0.39 is 59.3 Å². The molecule has 1 aromatic heterocycles. The van der Waals surface area contributed by atoms with Gasteiger partial charge in [0.05, 0.1) is 24.6 Å². The lowest BCUT2D eigenvalue weighted by molar-refractivity contribution is -0.144. The van der Waals surface area contributed by atoms with Crippen LogP contribution in [0.1, 0.15) is 65.2 Å². The Balaban J connectivity index is 1.93. The molecular weight excluding hydrogens is 753 g/mol. The Kier molecular flexibility index (Phi) is 13.0. The van der Waals surface area contributed by atoms with E-state index >= 15 is 8.78 Å². The highest BCUT2D eigenvalue weighted by molar-refractivity contribution is 9.10. The van der Waals surface area contributed by atoms with Gasteiger partial charge in [0.15, 0.2) is 0 Å². The molecule has 0 spiro atoms. The fraction of sp³-hybridized carbons (Fsp3) is 0.342. The number of alkyl halides is 3. The molecule has 14 heteroatoms. The van der Waals surface area contributed by atoms with Crippen molar-refractivity contribution in [2.45, 2.75) is 58.3 Å². The number of carbonyl (C=O) groups is 2. The molecule has 2 atom stereocenters. The number of pyridine rings is 1. The third kappa shape index (κ3) is 9.45. The molecule has 0 bridgehead atoms. The van der Waals surface area contributed by atoms with E-state index in [1.807, 2.05) is 0 Å². The zero-order valence-electron chi connectivity index (χ0n) is 29.2. The molecule has 3 aromatic carbocycles. The number of amides is 1. The van der Waals surface area contributed by atoms with Crippen LogP contribution in [0.2, 0.25) is 0 Å². The molecule has 0 saturated heterocycles. The van der Waals surface area contributed by atoms with Crippen molar-refractivity contribution >= 4 is 27.8 Å². The number of phenolic OH excluding ortho intramolecular Hbond substituents is 1. The number of aromatic hydroxyl groups is 1. The molecule has 0 fully saturated rings. The fourth-order valence-electron chi connectivity index (χ4n) is 6.08. The van der Waals surface area contributed by atoms with Crippen LogP contribution in [0.15, 0.2) is 70.1 Å². The summed E-state index contributed by atoms with van der Waals surface area (Å²) in [6.07, 6.45) is -4.47. The Morgan fingerprint density at radius 2 is 1.73 bits per heavy atom. The molecular formula is C38H39BrF5N3O5. The van der Waals surface area contributed by atoms with Crippen LogP contribution >= 0.6 is 15.9 Å². The Bertz CT molecular complexity index is 1990. The number of phenols is 1. The Morgan fingerprint density at radius 3 is 2.37 bits per heavy atom. The van der Waals surface area contributed by atoms with Gasteiger partial charge in [-0.3, -0.25) is 19.0 Å². The molecule has 2 N–H and O–H groups in total. The molecule has 0 aliphatic heterocycles. The van der Waals surface area contributed by atoms with E-state index in [0.29, 0.717) is 38.3 Å². The Hall–Kier alpha value is -4.56. The number of aryl methyl sites for hydroxylation is 3. The van der Waals surface area contributed by atoms with Crippen LogP contribution < -0.4 is 10.9 Å². The molecule has 4 aromatic rings. The highest BCUT2D eigenvalue weighted by Crippen LogP contribution is 2.37. The second-order valence-electron chi connectivity index (χ2n) is 12.7. The summed E-state index contributed by atoms with van der Waals surface area (Å²) in [6, 6.07) is 8.23. The summed E-state index contributed by atoms with van der Waals surface area (Å²) in [7, 11) is 3.50. The van der Waals surface area contributed by atoms with Gasteiger partial charge in [0.2, 0.25) is 5.91 Å². The molecule has 278 valence electrons. The minimum Gasteiger partial charge on any atom is -0.507 e. The first kappa shape index (κ1) is 40.2. The molecule has 8 nitrogen and oxygen atoms in total. The molecule has 0 saturated carbocycles. The van der Waals surface area contributed by atoms with Gasteiger partial charge in [-0.25, -0.2) is 8.78 Å². The Labute approximate surface area is 306 Å². The van der Waals surface area contributed by atoms with Crippen molar-refractivity contribution in [2.75, 3.05) is 27.2 Å². The van der Waals surface area contributed by atoms with Crippen molar-refractivity contribution in [3.63, 3.8) is 0 Å². The maximum Gasteiger partial charge on any atom is 0.416 e. The fourth-order valence-corrected chi connectivity index (χ4v) is 6.46. The number of hydrogen-bond donors (Lipinski definition) is 2. The van der Waals surface area contributed by atoms with Gasteiger partial charge in [-0.2, -0.15) is 13.2 Å². The van der Waals surface area contributed by atoms with Gasteiger partial charge in [0, 0.05) is 33.4 Å². The first-order valence-electron chi connectivity index (χ1n) is 16.4. The molecule has 1 amide bonds. The summed E-state index contributed by atoms with van der Waals surface area (Å²) in [5.41, 5.74) is -1.79. The lowest BCUT2D eigenvalue weighted by Gasteiger charge is -2.27. The van der Waals surface area contributed by atoms with E-state index in [4.69, 9.17) is 4.74 Å². The van der Waals surface area contributed by atoms with Crippen molar-refractivity contribution in [3.8, 4) is 16.9 Å². The zero-order chi connectivity index (χ0) is 38.5. The largest absolute Gasteiger partial charge is 0.507 e. The van der Waals surface area contributed by atoms with Gasteiger partial charge in [-0.05, 0) is 113 Å². The smallest absolute Gasteiger partial charge is 0.416 e. The van der Waals surface area contributed by atoms with E-state index in [1.165, 1.54) is 37.3 Å². The summed E-state index contributed by atoms with van der Waals surface area (Å²) in [5.74, 6) is -3.80. The van der Waals surface area contributed by atoms with Crippen LogP contribution in [-0.2, 0) is 26.9 Å². The summed E-state index contributed by atoms with van der Waals surface area (Å²) in [5, 5.41) is 13.3. The molecule has 1 unspecified atom stereocenters. The summed E-state index contributed by atoms with van der Waals surface area (Å²) in [4.78, 5) is 42.6. The van der Waals surface area contributed by atoms with Crippen molar-refractivity contribution in [1.29, 1.82) is 0 Å². The second kappa shape index (κ2) is 16.8. The zero-order valence-corrected chi connectivity index (χ0v) is 30.8. The van der Waals surface area contributed by atoms with E-state index in [1.54, 1.807) is 45.0 Å². The molecule has 0 aliphatic rings. The second-order valence-corrected chi connectivity index (χ2v) is 13.6. The topological polar surface area (TPSA) is 101 Å². The number of carbonyl (C=O) groups excluding carboxylic acids is 2. The van der Waals surface area contributed by atoms with E-state index in [9.17, 15) is 32.7 Å². The highest BCUT2D eigenvalue weighted by atomic mass is 79.9. The average molecular weight is 793 g/mol. The number of esters is 1. The highest BCUT2D eigenvalue weighted by Gasteiger charge is 2.37. The summed E-state index contributed by atoms with van der Waals surface area (Å²) >= 11 is 3.23. The Morgan fingerprint density at radius 1 is 1.02 bits per heavy atom. The predicted molar refractivity (Wildman–Crippen MR) is 190 cm³/mol. The number of nitrogens with one attached hydrogen (secondary N) is 1. The number of benzene rings is 3. The molecule has 1 heterocycles. The maximum atomic E-state index is 16.1. The molecule has 4 rings (SSSR count). The van der Waals surface area contributed by atoms with E-state index in [-0.39, 0.29) is 47.5 Å². The number of rotatable bonds is 13. The first-order chi connectivity index (χ1) is 24.4. The van der Waals surface area contributed by atoms with Crippen LogP contribution in [0.25, 0.3) is 11.1 Å². The third-order valence-electron chi connectivity index (χ3n) is 8.49. The van der Waals surface area contributed by atoms with Crippen LogP contribution in [-0.4, -0.2) is 53.7 Å². The van der Waals surface area contributed by atoms with Gasteiger partial charge < -0.3 is 20.1 Å². The third-order valence-corrected chi connectivity index (χ3v) is 8.98. The lowest BCUT2D eigenvalue weighted by atomic mass is 9.92. The van der Waals surface area contributed by atoms with Gasteiger partial charge in [-0.1, -0.05) is 28.1 Å². The summed E-state index contributed by atoms with van der Waals surface area (Å²) in [6.45, 7) is 5.12. The van der Waals surface area contributed by atoms with E-state index in [2.05, 4.69) is 21.2 Å². The number of ether oxygens (including phenoxy) is 1. The first-order valence-corrected chi connectivity index (χ1v) is 17.2. The lowest BCUT2D eigenvalue weighted by Crippen LogP contribution is -2.41. The SMILES string of the molecule is CCOC(=O)C[C@H](NC(=O)C(c1cc(Br)ccc1F)n1cc(CCCN(C)C)c(C(F)(F)F)cc1=O)c1cc(-c2c(C)cccc2O)cc(C)c1F. The monoisotopic (exact) mass is 791 g/mol. The normalized spacial score (nSPS) is 12.8. The number of nitrogens with zero attached hydrogens (tertiary/aromatic N) is 2. The van der Waals surface area contributed by atoms with Crippen molar-refractivity contribution in [2.24, 2.45) is 0 Å². The van der Waals surface area contributed by atoms with Crippen LogP contribution in [0.3, 0.4) is 0 Å². The minimum atomic E-state index is -4.90. The van der Waals surface area contributed by atoms with E-state index in [0.717, 1.165) is 12.3 Å². The van der Waals surface area contributed by atoms with Crippen LogP contribution in [0.4, 0.5) is 22.0 Å². The number of halogens is 6. The minimum absolute atomic E-state index is 0.0401. The molecule has 0 radical (unpaired) electrons. The van der Waals surface area contributed by atoms with Gasteiger partial charge in [0.1, 0.15) is 23.4 Å². The van der Waals surface area contributed by atoms with Crippen LogP contribution in [0, 0.1) is 25.5 Å². The molecule has 52 heavy (non-hydrogen) atoms. The quantitative estimate of drug-likeness (QED) is 0.106. The summed E-state index contributed by atoms with van der Waals surface area (Å²) < 4.78 is 80.3. The van der Waals surface area contributed by atoms with Crippen molar-refractivity contribution in [1.82, 2.24) is 14.8 Å². The number of aromatic nitrogens is 1. The standard InChI is InChI=1S/C38H39BrF5N3O5/c1-6-52-33(50)19-30(27-16-24(15-22(3)35(27)41)34-21(2)9-7-11-31(34)48)45-37(51)36(26-17-25(39)12-13-29(26)40)47-20-23(10-8-14-46(4)5)28(18-32(47)49)38(42,43)44/h7,9,11-13,15-18,20,30,36,48H,6,8,10,14,19H2,1-5H3,(H,45,51)/t30-,36?/m0/s1. The van der Waals surface area contributed by atoms with Gasteiger partial charge in [-0.15, -0.1) is 0 Å². The van der Waals surface area contributed by atoms with Gasteiger partial charge >= 0.3 is 12.1 Å². The van der Waals surface area contributed by atoms with Crippen molar-refractivity contribution in [3.05, 3.63) is 121 Å². The maximum absolute atomic E-state index is 16.1. The number of hydrogen-bond acceptors (Lipinski definition) is 6. The van der Waals surface area contributed by atoms with Gasteiger partial charge in [0.25, 0.3) is 5.56 Å². The predicted octanol–water partition coefficient (Wildman–Crippen LogP) is 7.79.